The van der Waals surface area contributed by atoms with Crippen molar-refractivity contribution < 1.29 is 0 Å². The zero-order valence-corrected chi connectivity index (χ0v) is 12.3. The minimum Gasteiger partial charge on any atom is -0.287 e. The first-order valence-corrected chi connectivity index (χ1v) is 6.79. The molecule has 0 saturated heterocycles. The lowest BCUT2D eigenvalue weighted by Gasteiger charge is -2.26. The molecule has 0 aliphatic rings. The Labute approximate surface area is 112 Å². The van der Waals surface area contributed by atoms with Crippen molar-refractivity contribution in [2.45, 2.75) is 40.7 Å². The monoisotopic (exact) mass is 243 g/mol. The third-order valence-corrected chi connectivity index (χ3v) is 2.88. The molecule has 0 heterocycles. The van der Waals surface area contributed by atoms with Gasteiger partial charge < -0.3 is 0 Å². The summed E-state index contributed by atoms with van der Waals surface area (Å²) in [5.41, 5.74) is 1.35. The van der Waals surface area contributed by atoms with E-state index in [0.717, 1.165) is 13.1 Å². The number of benzene rings is 1. The van der Waals surface area contributed by atoms with Crippen LogP contribution in [0.4, 0.5) is 0 Å². The Balaban J connectivity index is 3.06. The molecule has 0 bridgehead atoms. The van der Waals surface area contributed by atoms with Crippen LogP contribution in [-0.4, -0.2) is 18.0 Å². The van der Waals surface area contributed by atoms with Gasteiger partial charge in [-0.25, -0.2) is 0 Å². The van der Waals surface area contributed by atoms with E-state index in [4.69, 9.17) is 0 Å². The Kier molecular flexibility index (Phi) is 5.44. The van der Waals surface area contributed by atoms with E-state index in [-0.39, 0.29) is 11.5 Å². The first kappa shape index (κ1) is 14.8. The fourth-order valence-electron chi connectivity index (χ4n) is 1.89. The predicted octanol–water partition coefficient (Wildman–Crippen LogP) is 4.12. The van der Waals surface area contributed by atoms with E-state index in [9.17, 15) is 0 Å². The standard InChI is InChI=1S/C17H25N/c1-6-18(7-2)16(13-14-17(3,4)5)15-11-9-8-10-12-15/h8-12,16H,6-7H2,1-5H3. The third-order valence-electron chi connectivity index (χ3n) is 2.88. The maximum atomic E-state index is 3.45. The summed E-state index contributed by atoms with van der Waals surface area (Å²) in [6.45, 7) is 12.9. The Hall–Kier alpha value is -1.26. The summed E-state index contributed by atoms with van der Waals surface area (Å²) in [7, 11) is 0. The Morgan fingerprint density at radius 3 is 2.06 bits per heavy atom. The maximum Gasteiger partial charge on any atom is 0.0970 e. The van der Waals surface area contributed by atoms with Crippen molar-refractivity contribution in [1.29, 1.82) is 0 Å². The first-order valence-electron chi connectivity index (χ1n) is 6.79. The van der Waals surface area contributed by atoms with E-state index in [1.165, 1.54) is 5.56 Å². The molecule has 0 saturated carbocycles. The van der Waals surface area contributed by atoms with Crippen molar-refractivity contribution in [3.63, 3.8) is 0 Å². The van der Waals surface area contributed by atoms with Gasteiger partial charge in [0.1, 0.15) is 0 Å². The molecule has 0 aliphatic heterocycles. The van der Waals surface area contributed by atoms with Gasteiger partial charge in [0.15, 0.2) is 0 Å². The fraction of sp³-hybridized carbons (Fsp3) is 0.529. The highest BCUT2D eigenvalue weighted by Crippen LogP contribution is 2.20. The van der Waals surface area contributed by atoms with Gasteiger partial charge in [0.2, 0.25) is 0 Å². The van der Waals surface area contributed by atoms with Crippen LogP contribution in [0.5, 0.6) is 0 Å². The highest BCUT2D eigenvalue weighted by atomic mass is 15.1. The molecule has 1 nitrogen and oxygen atoms in total. The van der Waals surface area contributed by atoms with Gasteiger partial charge in [-0.3, -0.25) is 4.90 Å². The Morgan fingerprint density at radius 2 is 1.61 bits per heavy atom. The zero-order chi connectivity index (χ0) is 13.6. The number of hydrogen-bond donors (Lipinski definition) is 0. The average molecular weight is 243 g/mol. The topological polar surface area (TPSA) is 3.24 Å². The molecule has 0 fully saturated rings. The molecule has 0 N–H and O–H groups in total. The smallest absolute Gasteiger partial charge is 0.0970 e. The van der Waals surface area contributed by atoms with Crippen molar-refractivity contribution in [1.82, 2.24) is 4.90 Å². The van der Waals surface area contributed by atoms with Gasteiger partial charge in [-0.15, -0.1) is 0 Å². The summed E-state index contributed by atoms with van der Waals surface area (Å²) >= 11 is 0. The molecule has 1 aromatic rings. The molecular weight excluding hydrogens is 218 g/mol. The van der Waals surface area contributed by atoms with Crippen molar-refractivity contribution in [3.8, 4) is 11.8 Å². The summed E-state index contributed by atoms with van der Waals surface area (Å²) in [4.78, 5) is 2.40. The molecule has 1 unspecified atom stereocenters. The second-order valence-electron chi connectivity index (χ2n) is 5.55. The van der Waals surface area contributed by atoms with E-state index in [0.29, 0.717) is 0 Å². The van der Waals surface area contributed by atoms with Gasteiger partial charge in [-0.1, -0.05) is 56.0 Å². The van der Waals surface area contributed by atoms with Crippen LogP contribution >= 0.6 is 0 Å². The fourth-order valence-corrected chi connectivity index (χ4v) is 1.89. The lowest BCUT2D eigenvalue weighted by atomic mass is 9.96. The molecule has 0 radical (unpaired) electrons. The van der Waals surface area contributed by atoms with Crippen molar-refractivity contribution >= 4 is 0 Å². The van der Waals surface area contributed by atoms with Crippen LogP contribution in [0.15, 0.2) is 30.3 Å². The molecule has 0 aliphatic carbocycles. The molecule has 0 amide bonds. The van der Waals surface area contributed by atoms with E-state index >= 15 is 0 Å². The molecule has 0 aromatic heterocycles. The van der Waals surface area contributed by atoms with Gasteiger partial charge in [0, 0.05) is 5.41 Å². The van der Waals surface area contributed by atoms with Crippen LogP contribution in [-0.2, 0) is 0 Å². The molecule has 1 aromatic carbocycles. The van der Waals surface area contributed by atoms with Crippen molar-refractivity contribution in [3.05, 3.63) is 35.9 Å². The Morgan fingerprint density at radius 1 is 1.06 bits per heavy atom. The van der Waals surface area contributed by atoms with Crippen LogP contribution in [0.3, 0.4) is 0 Å². The number of rotatable bonds is 4. The van der Waals surface area contributed by atoms with Crippen LogP contribution in [0.2, 0.25) is 0 Å². The molecular formula is C17H25N. The normalized spacial score (nSPS) is 13.0. The first-order chi connectivity index (χ1) is 8.48. The van der Waals surface area contributed by atoms with Crippen LogP contribution in [0, 0.1) is 17.3 Å². The molecule has 0 spiro atoms. The average Bonchev–Trinajstić information content (AvgIpc) is 2.34. The van der Waals surface area contributed by atoms with Crippen molar-refractivity contribution in [2.75, 3.05) is 13.1 Å². The van der Waals surface area contributed by atoms with Gasteiger partial charge >= 0.3 is 0 Å². The molecule has 1 heteroatoms. The number of hydrogen-bond acceptors (Lipinski definition) is 1. The lowest BCUT2D eigenvalue weighted by Crippen LogP contribution is -2.27. The zero-order valence-electron chi connectivity index (χ0n) is 12.3. The summed E-state index contributed by atoms with van der Waals surface area (Å²) in [6, 6.07) is 10.8. The van der Waals surface area contributed by atoms with Crippen LogP contribution in [0.1, 0.15) is 46.2 Å². The highest BCUT2D eigenvalue weighted by molar-refractivity contribution is 5.28. The van der Waals surface area contributed by atoms with Crippen LogP contribution in [0.25, 0.3) is 0 Å². The summed E-state index contributed by atoms with van der Waals surface area (Å²) in [5, 5.41) is 0. The molecule has 18 heavy (non-hydrogen) atoms. The quantitative estimate of drug-likeness (QED) is 0.719. The third kappa shape index (κ3) is 4.55. The molecule has 1 rings (SSSR count). The highest BCUT2D eigenvalue weighted by Gasteiger charge is 2.15. The number of nitrogens with zero attached hydrogens (tertiary/aromatic N) is 1. The minimum atomic E-state index is 0.0557. The minimum absolute atomic E-state index is 0.0557. The predicted molar refractivity (Wildman–Crippen MR) is 79.3 cm³/mol. The summed E-state index contributed by atoms with van der Waals surface area (Å²) < 4.78 is 0. The van der Waals surface area contributed by atoms with E-state index in [1.807, 2.05) is 0 Å². The van der Waals surface area contributed by atoms with E-state index in [1.54, 1.807) is 0 Å². The van der Waals surface area contributed by atoms with Gasteiger partial charge in [0.25, 0.3) is 0 Å². The van der Waals surface area contributed by atoms with Crippen molar-refractivity contribution in [2.24, 2.45) is 5.41 Å². The molecule has 1 atom stereocenters. The SMILES string of the molecule is CCN(CC)C(C#CC(C)(C)C)c1ccccc1. The van der Waals surface area contributed by atoms with Gasteiger partial charge in [-0.05, 0) is 39.4 Å². The summed E-state index contributed by atoms with van der Waals surface area (Å²) in [5.74, 6) is 6.83. The lowest BCUT2D eigenvalue weighted by molar-refractivity contribution is 0.264. The molecule has 98 valence electrons. The van der Waals surface area contributed by atoms with E-state index in [2.05, 4.69) is 81.7 Å². The second kappa shape index (κ2) is 6.61. The maximum absolute atomic E-state index is 3.45. The largest absolute Gasteiger partial charge is 0.287 e. The Bertz CT molecular complexity index is 399. The van der Waals surface area contributed by atoms with Gasteiger partial charge in [-0.2, -0.15) is 0 Å². The second-order valence-corrected chi connectivity index (χ2v) is 5.55. The summed E-state index contributed by atoms with van der Waals surface area (Å²) in [6.07, 6.45) is 0. The van der Waals surface area contributed by atoms with Crippen LogP contribution < -0.4 is 0 Å². The van der Waals surface area contributed by atoms with Gasteiger partial charge in [0.05, 0.1) is 6.04 Å². The van der Waals surface area contributed by atoms with E-state index < -0.39 is 0 Å².